The van der Waals surface area contributed by atoms with Crippen LogP contribution in [0.3, 0.4) is 0 Å². The van der Waals surface area contributed by atoms with Crippen LogP contribution in [0.4, 0.5) is 13.2 Å². The van der Waals surface area contributed by atoms with E-state index in [1.807, 2.05) is 30.3 Å². The Hall–Kier alpha value is -2.34. The monoisotopic (exact) mass is 348 g/mol. The predicted molar refractivity (Wildman–Crippen MR) is 89.1 cm³/mol. The van der Waals surface area contributed by atoms with Gasteiger partial charge in [0, 0.05) is 25.0 Å². The molecule has 1 amide bonds. The van der Waals surface area contributed by atoms with Crippen molar-refractivity contribution in [2.75, 3.05) is 13.1 Å². The van der Waals surface area contributed by atoms with Gasteiger partial charge in [0.15, 0.2) is 0 Å². The van der Waals surface area contributed by atoms with Crippen LogP contribution >= 0.6 is 0 Å². The van der Waals surface area contributed by atoms with Crippen molar-refractivity contribution < 1.29 is 18.0 Å². The maximum absolute atomic E-state index is 12.7. The fraction of sp³-hybridized carbons (Fsp3) is 0.316. The number of carbonyl (C=O) groups is 1. The highest BCUT2D eigenvalue weighted by Gasteiger charge is 2.32. The molecule has 1 aliphatic heterocycles. The van der Waals surface area contributed by atoms with Crippen LogP contribution in [0.1, 0.15) is 22.6 Å². The molecule has 2 aromatic carbocycles. The van der Waals surface area contributed by atoms with E-state index < -0.39 is 11.7 Å². The number of nitrogens with one attached hydrogen (secondary N) is 2. The van der Waals surface area contributed by atoms with Crippen molar-refractivity contribution in [1.29, 1.82) is 0 Å². The summed E-state index contributed by atoms with van der Waals surface area (Å²) in [5.41, 5.74) is 1.06. The molecule has 0 saturated carbocycles. The van der Waals surface area contributed by atoms with Crippen molar-refractivity contribution in [2.45, 2.75) is 24.6 Å². The summed E-state index contributed by atoms with van der Waals surface area (Å²) >= 11 is 0. The van der Waals surface area contributed by atoms with E-state index in [0.717, 1.165) is 23.3 Å². The smallest absolute Gasteiger partial charge is 0.351 e. The molecule has 3 nitrogen and oxygen atoms in total. The van der Waals surface area contributed by atoms with Crippen LogP contribution in [0, 0.1) is 0 Å². The molecule has 0 bridgehead atoms. The third kappa shape index (κ3) is 4.39. The molecule has 2 aromatic rings. The van der Waals surface area contributed by atoms with Crippen LogP contribution in [-0.2, 0) is 17.4 Å². The van der Waals surface area contributed by atoms with Crippen LogP contribution in [0.2, 0.25) is 0 Å². The zero-order valence-electron chi connectivity index (χ0n) is 13.5. The van der Waals surface area contributed by atoms with E-state index in [1.165, 1.54) is 12.1 Å². The summed E-state index contributed by atoms with van der Waals surface area (Å²) in [6.07, 6.45) is -4.05. The van der Waals surface area contributed by atoms with Gasteiger partial charge in [0.1, 0.15) is 0 Å². The van der Waals surface area contributed by atoms with Gasteiger partial charge in [0.25, 0.3) is 0 Å². The standard InChI is InChI=1S/C19H19F3N2O/c20-19(21,22)15-8-6-14(7-9-15)16-11-23-12-17(16)24-18(25)10-13-4-2-1-3-5-13/h1-9,16-17,23H,10-12H2,(H,24,25). The first-order chi connectivity index (χ1) is 11.9. The Morgan fingerprint density at radius 2 is 1.72 bits per heavy atom. The minimum absolute atomic E-state index is 0.0398. The molecule has 0 aliphatic carbocycles. The summed E-state index contributed by atoms with van der Waals surface area (Å²) in [5, 5.41) is 6.20. The number of hydrogen-bond donors (Lipinski definition) is 2. The summed E-state index contributed by atoms with van der Waals surface area (Å²) in [6.45, 7) is 1.23. The SMILES string of the molecule is O=C(Cc1ccccc1)NC1CNCC1c1ccc(C(F)(F)F)cc1. The lowest BCUT2D eigenvalue weighted by molar-refractivity contribution is -0.137. The zero-order chi connectivity index (χ0) is 17.9. The number of carbonyl (C=O) groups excluding carboxylic acids is 1. The van der Waals surface area contributed by atoms with Crippen molar-refractivity contribution >= 4 is 5.91 Å². The Morgan fingerprint density at radius 1 is 1.04 bits per heavy atom. The summed E-state index contributed by atoms with van der Waals surface area (Å²) in [5.74, 6) is -0.126. The molecule has 25 heavy (non-hydrogen) atoms. The van der Waals surface area contributed by atoms with Crippen molar-refractivity contribution in [1.82, 2.24) is 10.6 Å². The predicted octanol–water partition coefficient (Wildman–Crippen LogP) is 3.12. The molecule has 1 fully saturated rings. The van der Waals surface area contributed by atoms with E-state index in [9.17, 15) is 18.0 Å². The molecule has 1 heterocycles. The molecule has 1 saturated heterocycles. The van der Waals surface area contributed by atoms with Gasteiger partial charge in [-0.05, 0) is 23.3 Å². The number of alkyl halides is 3. The molecule has 0 spiro atoms. The van der Waals surface area contributed by atoms with E-state index in [0.29, 0.717) is 13.1 Å². The van der Waals surface area contributed by atoms with Gasteiger partial charge < -0.3 is 10.6 Å². The van der Waals surface area contributed by atoms with Gasteiger partial charge in [0.05, 0.1) is 12.0 Å². The Bertz CT molecular complexity index is 714. The third-order valence-electron chi connectivity index (χ3n) is 4.43. The molecule has 2 atom stereocenters. The summed E-state index contributed by atoms with van der Waals surface area (Å²) in [6, 6.07) is 14.5. The van der Waals surface area contributed by atoms with Crippen LogP contribution in [0.25, 0.3) is 0 Å². The van der Waals surface area contributed by atoms with Crippen molar-refractivity contribution in [3.05, 3.63) is 71.3 Å². The Kier molecular flexibility index (Phi) is 5.08. The second kappa shape index (κ2) is 7.27. The van der Waals surface area contributed by atoms with Gasteiger partial charge >= 0.3 is 6.18 Å². The number of amides is 1. The van der Waals surface area contributed by atoms with Gasteiger partial charge in [-0.25, -0.2) is 0 Å². The first-order valence-electron chi connectivity index (χ1n) is 8.14. The van der Waals surface area contributed by atoms with E-state index >= 15 is 0 Å². The maximum Gasteiger partial charge on any atom is 0.416 e. The Morgan fingerprint density at radius 3 is 2.36 bits per heavy atom. The average Bonchev–Trinajstić information content (AvgIpc) is 3.03. The Balaban J connectivity index is 1.65. The number of rotatable bonds is 4. The van der Waals surface area contributed by atoms with E-state index in [-0.39, 0.29) is 24.3 Å². The van der Waals surface area contributed by atoms with Crippen LogP contribution in [0.15, 0.2) is 54.6 Å². The quantitative estimate of drug-likeness (QED) is 0.891. The topological polar surface area (TPSA) is 41.1 Å². The van der Waals surface area contributed by atoms with Crippen molar-refractivity contribution in [3.8, 4) is 0 Å². The molecule has 6 heteroatoms. The van der Waals surface area contributed by atoms with E-state index in [2.05, 4.69) is 10.6 Å². The highest BCUT2D eigenvalue weighted by atomic mass is 19.4. The highest BCUT2D eigenvalue weighted by Crippen LogP contribution is 2.31. The van der Waals surface area contributed by atoms with Gasteiger partial charge in [0.2, 0.25) is 5.91 Å². The molecular weight excluding hydrogens is 329 g/mol. The van der Waals surface area contributed by atoms with Gasteiger partial charge in [-0.3, -0.25) is 4.79 Å². The molecule has 2 N–H and O–H groups in total. The zero-order valence-corrected chi connectivity index (χ0v) is 13.5. The highest BCUT2D eigenvalue weighted by molar-refractivity contribution is 5.79. The van der Waals surface area contributed by atoms with Gasteiger partial charge in [-0.2, -0.15) is 13.2 Å². The normalized spacial score (nSPS) is 20.4. The largest absolute Gasteiger partial charge is 0.416 e. The fourth-order valence-electron chi connectivity index (χ4n) is 3.14. The second-order valence-corrected chi connectivity index (χ2v) is 6.22. The molecule has 0 aromatic heterocycles. The Labute approximate surface area is 144 Å². The number of halogens is 3. The minimum atomic E-state index is -4.34. The first kappa shape index (κ1) is 17.5. The lowest BCUT2D eigenvalue weighted by atomic mass is 9.93. The van der Waals surface area contributed by atoms with Gasteiger partial charge in [-0.15, -0.1) is 0 Å². The minimum Gasteiger partial charge on any atom is -0.351 e. The van der Waals surface area contributed by atoms with Crippen LogP contribution < -0.4 is 10.6 Å². The van der Waals surface area contributed by atoms with Crippen LogP contribution in [0.5, 0.6) is 0 Å². The van der Waals surface area contributed by atoms with Gasteiger partial charge in [-0.1, -0.05) is 42.5 Å². The fourth-order valence-corrected chi connectivity index (χ4v) is 3.14. The lowest BCUT2D eigenvalue weighted by Crippen LogP contribution is -2.40. The first-order valence-corrected chi connectivity index (χ1v) is 8.14. The van der Waals surface area contributed by atoms with E-state index in [4.69, 9.17) is 0 Å². The molecule has 0 radical (unpaired) electrons. The molecule has 2 unspecified atom stereocenters. The summed E-state index contributed by atoms with van der Waals surface area (Å²) in [7, 11) is 0. The average molecular weight is 348 g/mol. The molecule has 1 aliphatic rings. The van der Waals surface area contributed by atoms with E-state index in [1.54, 1.807) is 0 Å². The van der Waals surface area contributed by atoms with Crippen LogP contribution in [-0.4, -0.2) is 25.0 Å². The second-order valence-electron chi connectivity index (χ2n) is 6.22. The third-order valence-corrected chi connectivity index (χ3v) is 4.43. The molecule has 132 valence electrons. The van der Waals surface area contributed by atoms with Crippen molar-refractivity contribution in [2.24, 2.45) is 0 Å². The maximum atomic E-state index is 12.7. The van der Waals surface area contributed by atoms with Crippen molar-refractivity contribution in [3.63, 3.8) is 0 Å². The molecule has 3 rings (SSSR count). The summed E-state index contributed by atoms with van der Waals surface area (Å²) in [4.78, 5) is 12.2. The number of hydrogen-bond acceptors (Lipinski definition) is 2. The summed E-state index contributed by atoms with van der Waals surface area (Å²) < 4.78 is 38.0. The number of benzene rings is 2. The lowest BCUT2D eigenvalue weighted by Gasteiger charge is -2.21. The molecular formula is C19H19F3N2O.